The highest BCUT2D eigenvalue weighted by atomic mass is 79.9. The van der Waals surface area contributed by atoms with Crippen molar-refractivity contribution in [1.82, 2.24) is 15.0 Å². The molecule has 0 saturated carbocycles. The Kier molecular flexibility index (Phi) is 6.79. The lowest BCUT2D eigenvalue weighted by molar-refractivity contribution is 0.121. The Morgan fingerprint density at radius 1 is 0.879 bits per heavy atom. The average molecular weight is 514 g/mol. The smallest absolute Gasteiger partial charge is 0.250 e. The average Bonchev–Trinajstić information content (AvgIpc) is 3.34. The van der Waals surface area contributed by atoms with Gasteiger partial charge >= 0.3 is 0 Å². The topological polar surface area (TPSA) is 101 Å². The highest BCUT2D eigenvalue weighted by Crippen LogP contribution is 2.24. The van der Waals surface area contributed by atoms with Gasteiger partial charge in [0.05, 0.1) is 32.6 Å². The maximum absolute atomic E-state index is 5.89. The quantitative estimate of drug-likeness (QED) is 0.393. The molecule has 2 aliphatic heterocycles. The summed E-state index contributed by atoms with van der Waals surface area (Å²) in [7, 11) is 0. The van der Waals surface area contributed by atoms with Gasteiger partial charge in [0.1, 0.15) is 11.5 Å². The van der Waals surface area contributed by atoms with Gasteiger partial charge in [-0.05, 0) is 24.3 Å². The molecule has 0 radical (unpaired) electrons. The summed E-state index contributed by atoms with van der Waals surface area (Å²) in [6.45, 7) is 5.55. The molecule has 2 fully saturated rings. The van der Waals surface area contributed by atoms with Gasteiger partial charge in [-0.2, -0.15) is 20.1 Å². The maximum atomic E-state index is 5.89. The summed E-state index contributed by atoms with van der Waals surface area (Å²) in [6.07, 6.45) is 1.61. The van der Waals surface area contributed by atoms with Crippen LogP contribution >= 0.6 is 15.9 Å². The first-order valence-electron chi connectivity index (χ1n) is 10.8. The number of benzene rings is 1. The van der Waals surface area contributed by atoms with Gasteiger partial charge in [0, 0.05) is 36.2 Å². The summed E-state index contributed by atoms with van der Waals surface area (Å²) in [4.78, 5) is 18.0. The first-order valence-corrected chi connectivity index (χ1v) is 11.6. The van der Waals surface area contributed by atoms with E-state index >= 15 is 0 Å². The summed E-state index contributed by atoms with van der Waals surface area (Å²) < 4.78 is 17.8. The van der Waals surface area contributed by atoms with Gasteiger partial charge in [-0.3, -0.25) is 0 Å². The van der Waals surface area contributed by atoms with Crippen molar-refractivity contribution in [3.8, 4) is 11.3 Å². The van der Waals surface area contributed by atoms with Crippen LogP contribution in [0.1, 0.15) is 5.76 Å². The van der Waals surface area contributed by atoms with Crippen LogP contribution in [0.25, 0.3) is 11.3 Å². The van der Waals surface area contributed by atoms with Crippen molar-refractivity contribution in [2.24, 2.45) is 5.10 Å². The van der Waals surface area contributed by atoms with E-state index in [4.69, 9.17) is 18.9 Å². The predicted octanol–water partition coefficient (Wildman–Crippen LogP) is 3.01. The summed E-state index contributed by atoms with van der Waals surface area (Å²) >= 11 is 3.49. The molecular formula is C22H24BrN7O3. The summed E-state index contributed by atoms with van der Waals surface area (Å²) in [5.41, 5.74) is 3.92. The van der Waals surface area contributed by atoms with Gasteiger partial charge in [0.15, 0.2) is 0 Å². The Balaban J connectivity index is 1.33. The third kappa shape index (κ3) is 5.49. The van der Waals surface area contributed by atoms with Crippen molar-refractivity contribution in [3.63, 3.8) is 0 Å². The van der Waals surface area contributed by atoms with Crippen molar-refractivity contribution in [2.45, 2.75) is 0 Å². The molecule has 0 bridgehead atoms. The van der Waals surface area contributed by atoms with Gasteiger partial charge in [0.2, 0.25) is 17.8 Å². The molecule has 5 rings (SSSR count). The number of nitrogens with zero attached hydrogens (tertiary/aromatic N) is 6. The van der Waals surface area contributed by atoms with Crippen molar-refractivity contribution < 1.29 is 13.9 Å². The number of aromatic nitrogens is 3. The van der Waals surface area contributed by atoms with Crippen molar-refractivity contribution >= 4 is 40.0 Å². The molecule has 0 amide bonds. The first-order chi connectivity index (χ1) is 16.2. The molecular weight excluding hydrogens is 490 g/mol. The molecule has 10 nitrogen and oxygen atoms in total. The van der Waals surface area contributed by atoms with Gasteiger partial charge in [-0.15, -0.1) is 0 Å². The normalized spacial score (nSPS) is 17.0. The largest absolute Gasteiger partial charge is 0.455 e. The van der Waals surface area contributed by atoms with E-state index < -0.39 is 0 Å². The number of rotatable bonds is 6. The molecule has 0 atom stereocenters. The third-order valence-corrected chi connectivity index (χ3v) is 5.79. The van der Waals surface area contributed by atoms with Gasteiger partial charge in [-0.25, -0.2) is 5.43 Å². The van der Waals surface area contributed by atoms with E-state index in [1.807, 2.05) is 36.4 Å². The fourth-order valence-corrected chi connectivity index (χ4v) is 3.99. The van der Waals surface area contributed by atoms with Crippen molar-refractivity contribution in [3.05, 3.63) is 46.6 Å². The number of hydrogen-bond donors (Lipinski definition) is 1. The first kappa shape index (κ1) is 21.8. The second-order valence-corrected chi connectivity index (χ2v) is 8.46. The van der Waals surface area contributed by atoms with Crippen LogP contribution in [0.3, 0.4) is 0 Å². The van der Waals surface area contributed by atoms with Crippen LogP contribution in [0.4, 0.5) is 17.8 Å². The molecule has 2 saturated heterocycles. The van der Waals surface area contributed by atoms with E-state index in [0.717, 1.165) is 42.0 Å². The molecule has 33 heavy (non-hydrogen) atoms. The van der Waals surface area contributed by atoms with Crippen LogP contribution < -0.4 is 15.2 Å². The zero-order valence-electron chi connectivity index (χ0n) is 18.0. The van der Waals surface area contributed by atoms with Crippen molar-refractivity contribution in [2.75, 3.05) is 67.8 Å². The lowest BCUT2D eigenvalue weighted by Crippen LogP contribution is -2.40. The minimum absolute atomic E-state index is 0.378. The highest BCUT2D eigenvalue weighted by Gasteiger charge is 2.20. The monoisotopic (exact) mass is 513 g/mol. The second kappa shape index (κ2) is 10.3. The number of morpholine rings is 2. The van der Waals surface area contributed by atoms with Crippen LogP contribution in [0.15, 0.2) is 50.4 Å². The molecule has 2 aromatic heterocycles. The second-order valence-electron chi connectivity index (χ2n) is 7.54. The molecule has 4 heterocycles. The Morgan fingerprint density at radius 2 is 1.55 bits per heavy atom. The lowest BCUT2D eigenvalue weighted by atomic mass is 10.2. The third-order valence-electron chi connectivity index (χ3n) is 5.29. The molecule has 1 aromatic carbocycles. The van der Waals surface area contributed by atoms with E-state index in [0.29, 0.717) is 50.0 Å². The van der Waals surface area contributed by atoms with Gasteiger partial charge in [0.25, 0.3) is 0 Å². The minimum Gasteiger partial charge on any atom is -0.455 e. The molecule has 172 valence electrons. The fourth-order valence-electron chi connectivity index (χ4n) is 3.59. The summed E-state index contributed by atoms with van der Waals surface area (Å²) in [5, 5.41) is 4.29. The highest BCUT2D eigenvalue weighted by molar-refractivity contribution is 9.10. The lowest BCUT2D eigenvalue weighted by Gasteiger charge is -2.30. The number of nitrogens with one attached hydrogen (secondary N) is 1. The molecule has 0 unspecified atom stereocenters. The summed E-state index contributed by atoms with van der Waals surface area (Å²) in [6, 6.07) is 11.7. The van der Waals surface area contributed by atoms with E-state index in [9.17, 15) is 0 Å². The zero-order valence-corrected chi connectivity index (χ0v) is 19.6. The van der Waals surface area contributed by atoms with Crippen LogP contribution in [0.2, 0.25) is 0 Å². The summed E-state index contributed by atoms with van der Waals surface area (Å²) in [5.74, 6) is 2.99. The SMILES string of the molecule is Brc1cccc(-c2ccc(/C=N/Nc3nc(N4CCOCC4)nc(N4CCOCC4)n3)o2)c1. The number of halogens is 1. The van der Waals surface area contributed by atoms with E-state index in [1.165, 1.54) is 0 Å². The Morgan fingerprint density at radius 3 is 2.18 bits per heavy atom. The number of furan rings is 1. The number of hydrazone groups is 1. The van der Waals surface area contributed by atoms with Crippen molar-refractivity contribution in [1.29, 1.82) is 0 Å². The molecule has 3 aromatic rings. The maximum Gasteiger partial charge on any atom is 0.250 e. The van der Waals surface area contributed by atoms with Gasteiger partial charge < -0.3 is 23.7 Å². The van der Waals surface area contributed by atoms with Crippen LogP contribution in [-0.2, 0) is 9.47 Å². The van der Waals surface area contributed by atoms with Crippen LogP contribution in [0.5, 0.6) is 0 Å². The number of anilines is 3. The van der Waals surface area contributed by atoms with E-state index in [-0.39, 0.29) is 0 Å². The molecule has 2 aliphatic rings. The Bertz CT molecular complexity index is 1070. The van der Waals surface area contributed by atoms with E-state index in [2.05, 4.69) is 46.2 Å². The molecule has 1 N–H and O–H groups in total. The van der Waals surface area contributed by atoms with Crippen LogP contribution in [-0.4, -0.2) is 73.8 Å². The molecule has 11 heteroatoms. The number of ether oxygens (including phenoxy) is 2. The van der Waals surface area contributed by atoms with Crippen LogP contribution in [0, 0.1) is 0 Å². The zero-order chi connectivity index (χ0) is 22.5. The Hall–Kier alpha value is -3.02. The predicted molar refractivity (Wildman–Crippen MR) is 129 cm³/mol. The molecule has 0 spiro atoms. The number of hydrogen-bond acceptors (Lipinski definition) is 10. The minimum atomic E-state index is 0.378. The molecule has 0 aliphatic carbocycles. The fraction of sp³-hybridized carbons (Fsp3) is 0.364. The van der Waals surface area contributed by atoms with Gasteiger partial charge in [-0.1, -0.05) is 28.1 Å². The van der Waals surface area contributed by atoms with E-state index in [1.54, 1.807) is 6.21 Å². The Labute approximate surface area is 199 Å². The standard InChI is InChI=1S/C22H24BrN7O3/c23-17-3-1-2-16(14-17)19-5-4-18(33-19)15-24-28-20-25-21(29-6-10-31-11-7-29)27-22(26-20)30-8-12-32-13-9-30/h1-5,14-15H,6-13H2,(H,25,26,27,28)/b24-15+.